The molecule has 1 aliphatic carbocycles. The van der Waals surface area contributed by atoms with E-state index in [1.165, 1.54) is 12.0 Å². The molecule has 2 aliphatic rings. The van der Waals surface area contributed by atoms with Crippen LogP contribution < -0.4 is 5.32 Å². The second-order valence-corrected chi connectivity index (χ2v) is 7.62. The number of rotatable bonds is 3. The molecule has 5 nitrogen and oxygen atoms in total. The third-order valence-electron chi connectivity index (χ3n) is 4.54. The summed E-state index contributed by atoms with van der Waals surface area (Å²) in [6, 6.07) is 12.7. The number of nitrogens with one attached hydrogen (secondary N) is 1. The third kappa shape index (κ3) is 3.64. The van der Waals surface area contributed by atoms with Gasteiger partial charge in [-0.2, -0.15) is 0 Å². The highest BCUT2D eigenvalue weighted by atomic mass is 32.2. The predicted molar refractivity (Wildman–Crippen MR) is 112 cm³/mol. The van der Waals surface area contributed by atoms with Gasteiger partial charge < -0.3 is 10.1 Å². The van der Waals surface area contributed by atoms with Crippen molar-refractivity contribution in [2.75, 3.05) is 12.4 Å². The fourth-order valence-corrected chi connectivity index (χ4v) is 4.16. The van der Waals surface area contributed by atoms with Gasteiger partial charge in [0.2, 0.25) is 0 Å². The van der Waals surface area contributed by atoms with Crippen molar-refractivity contribution in [1.29, 1.82) is 0 Å². The maximum Gasteiger partial charge on any atom is 0.337 e. The van der Waals surface area contributed by atoms with Crippen LogP contribution in [0.5, 0.6) is 0 Å². The summed E-state index contributed by atoms with van der Waals surface area (Å²) in [6.07, 6.45) is 4.72. The molecule has 2 aromatic carbocycles. The van der Waals surface area contributed by atoms with Crippen molar-refractivity contribution in [3.8, 4) is 0 Å². The summed E-state index contributed by atoms with van der Waals surface area (Å²) < 4.78 is 4.71. The zero-order valence-corrected chi connectivity index (χ0v) is 16.3. The molecule has 0 saturated heterocycles. The van der Waals surface area contributed by atoms with Crippen LogP contribution >= 0.6 is 11.8 Å². The Morgan fingerprint density at radius 3 is 2.54 bits per heavy atom. The largest absolute Gasteiger partial charge is 0.465 e. The van der Waals surface area contributed by atoms with Gasteiger partial charge in [0, 0.05) is 33.2 Å². The minimum Gasteiger partial charge on any atom is -0.465 e. The van der Waals surface area contributed by atoms with Crippen LogP contribution in [0.3, 0.4) is 0 Å². The van der Waals surface area contributed by atoms with Gasteiger partial charge in [-0.25, -0.2) is 4.79 Å². The summed E-state index contributed by atoms with van der Waals surface area (Å²) in [6.45, 7) is 1.58. The lowest BCUT2D eigenvalue weighted by Crippen LogP contribution is -2.13. The molecule has 2 aromatic rings. The molecule has 0 saturated carbocycles. The molecule has 0 spiro atoms. The maximum atomic E-state index is 11.7. The summed E-state index contributed by atoms with van der Waals surface area (Å²) in [5.41, 5.74) is 5.00. The average molecular weight is 390 g/mol. The number of carbonyl (C=O) groups is 2. The van der Waals surface area contributed by atoms with E-state index < -0.39 is 0 Å². The molecule has 4 rings (SSSR count). The topological polar surface area (TPSA) is 67.8 Å². The smallest absolute Gasteiger partial charge is 0.337 e. The summed E-state index contributed by atoms with van der Waals surface area (Å²) in [5.74, 6) is -0.302. The molecular weight excluding hydrogens is 372 g/mol. The molecule has 1 heterocycles. The number of anilines is 1. The molecule has 0 aromatic heterocycles. The van der Waals surface area contributed by atoms with Crippen molar-refractivity contribution in [3.63, 3.8) is 0 Å². The predicted octanol–water partition coefficient (Wildman–Crippen LogP) is 5.14. The Hall–Kier alpha value is -3.12. The van der Waals surface area contributed by atoms with Gasteiger partial charge >= 0.3 is 5.97 Å². The third-order valence-corrected chi connectivity index (χ3v) is 5.70. The number of nitrogens with zero attached hydrogens (tertiary/aromatic N) is 1. The van der Waals surface area contributed by atoms with Crippen molar-refractivity contribution in [3.05, 3.63) is 76.3 Å². The maximum absolute atomic E-state index is 11.7. The minimum atomic E-state index is -0.361. The summed E-state index contributed by atoms with van der Waals surface area (Å²) in [5, 5.41) is 3.43. The minimum absolute atomic E-state index is 0.0596. The molecule has 1 aliphatic heterocycles. The van der Waals surface area contributed by atoms with Gasteiger partial charge in [-0.15, -0.1) is 0 Å². The number of ether oxygens (including phenoxy) is 1. The van der Waals surface area contributed by atoms with Crippen LogP contribution in [-0.2, 0) is 4.74 Å². The van der Waals surface area contributed by atoms with Crippen LogP contribution in [0.1, 0.15) is 34.1 Å². The van der Waals surface area contributed by atoms with E-state index in [9.17, 15) is 9.59 Å². The molecule has 140 valence electrons. The van der Waals surface area contributed by atoms with E-state index in [4.69, 9.17) is 4.74 Å². The first kappa shape index (κ1) is 18.3. The molecule has 28 heavy (non-hydrogen) atoms. The molecule has 0 amide bonds. The summed E-state index contributed by atoms with van der Waals surface area (Å²) in [4.78, 5) is 30.1. The van der Waals surface area contributed by atoms with Gasteiger partial charge in [0.25, 0.3) is 0 Å². The second-order valence-electron chi connectivity index (χ2n) is 6.48. The molecule has 0 fully saturated rings. The van der Waals surface area contributed by atoms with E-state index >= 15 is 0 Å². The van der Waals surface area contributed by atoms with E-state index in [-0.39, 0.29) is 11.8 Å². The number of carbonyl (C=O) groups excluding carboxylic acids is 2. The van der Waals surface area contributed by atoms with Crippen LogP contribution in [0.2, 0.25) is 0 Å². The van der Waals surface area contributed by atoms with Gasteiger partial charge in [-0.1, -0.05) is 11.8 Å². The molecule has 0 unspecified atom stereocenters. The monoisotopic (exact) mass is 390 g/mol. The van der Waals surface area contributed by atoms with E-state index in [0.29, 0.717) is 17.5 Å². The SMILES string of the molecule is COC(=O)c1ccc(N=C2C=CC3=C(C2)Sc2cc(C(C)=O)ccc2N3)cc1. The molecule has 6 heteroatoms. The highest BCUT2D eigenvalue weighted by Crippen LogP contribution is 2.43. The zero-order chi connectivity index (χ0) is 19.7. The van der Waals surface area contributed by atoms with Crippen LogP contribution in [0.4, 0.5) is 11.4 Å². The highest BCUT2D eigenvalue weighted by molar-refractivity contribution is 8.03. The number of allylic oxidation sites excluding steroid dienone is 3. The zero-order valence-electron chi connectivity index (χ0n) is 15.5. The number of ketones is 1. The van der Waals surface area contributed by atoms with Crippen molar-refractivity contribution in [2.24, 2.45) is 4.99 Å². The number of esters is 1. The van der Waals surface area contributed by atoms with Gasteiger partial charge in [0.1, 0.15) is 0 Å². The van der Waals surface area contributed by atoms with Gasteiger partial charge in [0.05, 0.1) is 24.0 Å². The van der Waals surface area contributed by atoms with Crippen LogP contribution in [0, 0.1) is 0 Å². The lowest BCUT2D eigenvalue weighted by Gasteiger charge is -2.25. The van der Waals surface area contributed by atoms with Crippen LogP contribution in [-0.4, -0.2) is 24.6 Å². The fraction of sp³-hybridized carbons (Fsp3) is 0.136. The first-order chi connectivity index (χ1) is 13.5. The van der Waals surface area contributed by atoms with E-state index in [0.717, 1.165) is 27.7 Å². The Morgan fingerprint density at radius 1 is 1.07 bits per heavy atom. The fourth-order valence-electron chi connectivity index (χ4n) is 3.03. The molecule has 0 bridgehead atoms. The second kappa shape index (κ2) is 7.48. The van der Waals surface area contributed by atoms with Gasteiger partial charge in [-0.3, -0.25) is 9.79 Å². The van der Waals surface area contributed by atoms with Crippen molar-refractivity contribution in [2.45, 2.75) is 18.2 Å². The number of fused-ring (bicyclic) bond motifs is 1. The summed E-state index contributed by atoms with van der Waals surface area (Å²) in [7, 11) is 1.36. The molecule has 0 atom stereocenters. The normalized spacial score (nSPS) is 16.3. The first-order valence-electron chi connectivity index (χ1n) is 8.80. The number of Topliss-reactive ketones (excluding diaryl/α,β-unsaturated/α-hetero) is 1. The molecular formula is C22H18N2O3S. The Balaban J connectivity index is 1.54. The van der Waals surface area contributed by atoms with Crippen molar-refractivity contribution >= 4 is 40.6 Å². The lowest BCUT2D eigenvalue weighted by atomic mass is 10.1. The van der Waals surface area contributed by atoms with Crippen LogP contribution in [0.15, 0.2) is 75.1 Å². The summed E-state index contributed by atoms with van der Waals surface area (Å²) >= 11 is 1.67. The average Bonchev–Trinajstić information content (AvgIpc) is 2.71. The number of benzene rings is 2. The number of aliphatic imine (C=N–C) groups is 1. The Kier molecular flexibility index (Phi) is 4.88. The number of methoxy groups -OCH3 is 1. The molecule has 0 radical (unpaired) electrons. The lowest BCUT2D eigenvalue weighted by molar-refractivity contribution is 0.0600. The standard InChI is InChI=1S/C22H18N2O3S/c1-13(25)15-5-9-18-20(11-15)28-21-12-17(8-10-19(21)24-18)23-16-6-3-14(4-7-16)22(26)27-2/h3-11,24H,12H2,1-2H3. The molecule has 1 N–H and O–H groups in total. The Bertz CT molecular complexity index is 1070. The van der Waals surface area contributed by atoms with Crippen molar-refractivity contribution < 1.29 is 14.3 Å². The van der Waals surface area contributed by atoms with Gasteiger partial charge in [-0.05, 0) is 61.5 Å². The number of hydrogen-bond acceptors (Lipinski definition) is 6. The quantitative estimate of drug-likeness (QED) is 0.581. The Morgan fingerprint density at radius 2 is 1.82 bits per heavy atom. The van der Waals surface area contributed by atoms with E-state index in [2.05, 4.69) is 10.3 Å². The number of thioether (sulfide) groups is 1. The van der Waals surface area contributed by atoms with Crippen molar-refractivity contribution in [1.82, 2.24) is 0 Å². The van der Waals surface area contributed by atoms with Crippen LogP contribution in [0.25, 0.3) is 0 Å². The van der Waals surface area contributed by atoms with E-state index in [1.807, 2.05) is 30.4 Å². The Labute approximate surface area is 167 Å². The highest BCUT2D eigenvalue weighted by Gasteiger charge is 2.21. The van der Waals surface area contributed by atoms with E-state index in [1.54, 1.807) is 43.0 Å². The first-order valence-corrected chi connectivity index (χ1v) is 9.62. The van der Waals surface area contributed by atoms with Gasteiger partial charge in [0.15, 0.2) is 5.78 Å². The number of hydrogen-bond donors (Lipinski definition) is 1.